The van der Waals surface area contributed by atoms with Gasteiger partial charge in [-0.2, -0.15) is 0 Å². The summed E-state index contributed by atoms with van der Waals surface area (Å²) in [5.74, 6) is -1.81. The zero-order valence-corrected chi connectivity index (χ0v) is 8.66. The lowest BCUT2D eigenvalue weighted by molar-refractivity contribution is -0.141. The molecule has 7 heteroatoms. The molecule has 2 N–H and O–H groups in total. The van der Waals surface area contributed by atoms with E-state index in [0.717, 1.165) is 0 Å². The van der Waals surface area contributed by atoms with Gasteiger partial charge in [-0.05, 0) is 6.07 Å². The number of carbonyl (C=O) groups is 3. The highest BCUT2D eigenvalue weighted by Gasteiger charge is 2.39. The number of pyridine rings is 1. The summed E-state index contributed by atoms with van der Waals surface area (Å²) >= 11 is 0. The van der Waals surface area contributed by atoms with E-state index in [2.05, 4.69) is 10.3 Å². The topological polar surface area (TPSA) is 99.6 Å². The number of carboxylic acid groups (broad SMARTS) is 1. The molecule has 0 aliphatic carbocycles. The van der Waals surface area contributed by atoms with Gasteiger partial charge in [0.15, 0.2) is 0 Å². The highest BCUT2D eigenvalue weighted by molar-refractivity contribution is 6.06. The van der Waals surface area contributed by atoms with E-state index < -0.39 is 30.5 Å². The van der Waals surface area contributed by atoms with E-state index in [1.807, 2.05) is 0 Å². The van der Waals surface area contributed by atoms with E-state index in [1.165, 1.54) is 6.20 Å². The number of carboxylic acids is 1. The summed E-state index contributed by atoms with van der Waals surface area (Å²) in [6, 6.07) is 1.72. The molecular formula is C10H9N3O4. The van der Waals surface area contributed by atoms with Crippen molar-refractivity contribution in [3.63, 3.8) is 0 Å². The number of carbonyl (C=O) groups excluding carboxylic acids is 2. The Morgan fingerprint density at radius 2 is 2.29 bits per heavy atom. The lowest BCUT2D eigenvalue weighted by Crippen LogP contribution is -2.35. The number of hydrogen-bond acceptors (Lipinski definition) is 4. The maximum Gasteiger partial charge on any atom is 0.325 e. The van der Waals surface area contributed by atoms with E-state index in [9.17, 15) is 14.4 Å². The molecular weight excluding hydrogens is 226 g/mol. The minimum atomic E-state index is -1.24. The normalized spacial score (nSPS) is 19.3. The highest BCUT2D eigenvalue weighted by atomic mass is 16.4. The highest BCUT2D eigenvalue weighted by Crippen LogP contribution is 2.20. The van der Waals surface area contributed by atoms with Crippen molar-refractivity contribution in [3.05, 3.63) is 30.1 Å². The van der Waals surface area contributed by atoms with E-state index >= 15 is 0 Å². The van der Waals surface area contributed by atoms with Crippen LogP contribution in [-0.2, 0) is 9.59 Å². The Kier molecular flexibility index (Phi) is 2.73. The van der Waals surface area contributed by atoms with Gasteiger partial charge in [0.25, 0.3) is 5.91 Å². The van der Waals surface area contributed by atoms with Crippen LogP contribution in [-0.4, -0.2) is 39.4 Å². The van der Waals surface area contributed by atoms with Crippen LogP contribution in [0.2, 0.25) is 0 Å². The Labute approximate surface area is 96.1 Å². The maximum atomic E-state index is 11.8. The molecule has 1 aromatic rings. The van der Waals surface area contributed by atoms with Crippen molar-refractivity contribution in [2.75, 3.05) is 6.54 Å². The monoisotopic (exact) mass is 235 g/mol. The van der Waals surface area contributed by atoms with E-state index in [0.29, 0.717) is 10.5 Å². The number of nitrogens with zero attached hydrogens (tertiary/aromatic N) is 2. The van der Waals surface area contributed by atoms with Crippen molar-refractivity contribution in [2.45, 2.75) is 6.04 Å². The smallest absolute Gasteiger partial charge is 0.325 e. The molecule has 0 saturated carbocycles. The van der Waals surface area contributed by atoms with Gasteiger partial charge in [-0.1, -0.05) is 6.07 Å². The molecule has 0 aromatic carbocycles. The summed E-state index contributed by atoms with van der Waals surface area (Å²) in [4.78, 5) is 38.2. The second-order valence-corrected chi connectivity index (χ2v) is 3.49. The second kappa shape index (κ2) is 4.20. The van der Waals surface area contributed by atoms with Crippen LogP contribution >= 0.6 is 0 Å². The van der Waals surface area contributed by atoms with Crippen molar-refractivity contribution in [1.29, 1.82) is 0 Å². The molecule has 0 radical (unpaired) electrons. The van der Waals surface area contributed by atoms with Crippen molar-refractivity contribution in [1.82, 2.24) is 15.2 Å². The lowest BCUT2D eigenvalue weighted by atomic mass is 10.1. The van der Waals surface area contributed by atoms with E-state index in [1.54, 1.807) is 18.3 Å². The molecule has 1 aromatic heterocycles. The van der Waals surface area contributed by atoms with Gasteiger partial charge < -0.3 is 10.4 Å². The standard InChI is InChI=1S/C10H9N3O4/c14-7(15)5-13-9(16)8(12-10(13)17)6-2-1-3-11-4-6/h1-4,8H,5H2,(H,12,17)(H,14,15)/t8-/m1/s1. The molecule has 1 saturated heterocycles. The van der Waals surface area contributed by atoms with Crippen LogP contribution < -0.4 is 5.32 Å². The molecule has 2 heterocycles. The Hall–Kier alpha value is -2.44. The van der Waals surface area contributed by atoms with Crippen LogP contribution in [0.1, 0.15) is 11.6 Å². The average molecular weight is 235 g/mol. The molecule has 88 valence electrons. The van der Waals surface area contributed by atoms with Gasteiger partial charge in [-0.15, -0.1) is 0 Å². The predicted molar refractivity (Wildman–Crippen MR) is 54.9 cm³/mol. The number of imide groups is 1. The zero-order valence-electron chi connectivity index (χ0n) is 8.66. The van der Waals surface area contributed by atoms with Crippen molar-refractivity contribution >= 4 is 17.9 Å². The molecule has 1 atom stereocenters. The Morgan fingerprint density at radius 3 is 2.88 bits per heavy atom. The van der Waals surface area contributed by atoms with Gasteiger partial charge >= 0.3 is 12.0 Å². The van der Waals surface area contributed by atoms with Crippen LogP contribution in [0, 0.1) is 0 Å². The number of urea groups is 1. The molecule has 2 rings (SSSR count). The van der Waals surface area contributed by atoms with E-state index in [4.69, 9.17) is 5.11 Å². The minimum Gasteiger partial charge on any atom is -0.480 e. The van der Waals surface area contributed by atoms with Crippen LogP contribution in [0.5, 0.6) is 0 Å². The van der Waals surface area contributed by atoms with Crippen molar-refractivity contribution in [2.24, 2.45) is 0 Å². The van der Waals surface area contributed by atoms with Crippen LogP contribution in [0.15, 0.2) is 24.5 Å². The predicted octanol–water partition coefficient (Wildman–Crippen LogP) is -0.241. The molecule has 1 aliphatic heterocycles. The molecule has 7 nitrogen and oxygen atoms in total. The van der Waals surface area contributed by atoms with Gasteiger partial charge in [0.2, 0.25) is 0 Å². The van der Waals surface area contributed by atoms with Crippen molar-refractivity contribution < 1.29 is 19.5 Å². The summed E-state index contributed by atoms with van der Waals surface area (Å²) < 4.78 is 0. The fourth-order valence-electron chi connectivity index (χ4n) is 1.58. The summed E-state index contributed by atoms with van der Waals surface area (Å²) in [6.07, 6.45) is 2.99. The second-order valence-electron chi connectivity index (χ2n) is 3.49. The third-order valence-electron chi connectivity index (χ3n) is 2.34. The number of nitrogens with one attached hydrogen (secondary N) is 1. The number of hydrogen-bond donors (Lipinski definition) is 2. The Morgan fingerprint density at radius 1 is 1.53 bits per heavy atom. The van der Waals surface area contributed by atoms with Crippen LogP contribution in [0.3, 0.4) is 0 Å². The van der Waals surface area contributed by atoms with Gasteiger partial charge in [-0.25, -0.2) is 4.79 Å². The SMILES string of the molecule is O=C(O)CN1C(=O)N[C@H](c2cccnc2)C1=O. The quantitative estimate of drug-likeness (QED) is 0.704. The van der Waals surface area contributed by atoms with E-state index in [-0.39, 0.29) is 0 Å². The van der Waals surface area contributed by atoms with Gasteiger partial charge in [0.1, 0.15) is 12.6 Å². The summed E-state index contributed by atoms with van der Waals surface area (Å²) in [7, 11) is 0. The Balaban J connectivity index is 2.22. The zero-order chi connectivity index (χ0) is 12.4. The minimum absolute atomic E-state index is 0.527. The van der Waals surface area contributed by atoms with Crippen molar-refractivity contribution in [3.8, 4) is 0 Å². The van der Waals surface area contributed by atoms with Gasteiger partial charge in [-0.3, -0.25) is 19.5 Å². The number of aromatic nitrogens is 1. The molecule has 1 fully saturated rings. The van der Waals surface area contributed by atoms with Crippen LogP contribution in [0.4, 0.5) is 4.79 Å². The first-order chi connectivity index (χ1) is 8.09. The fraction of sp³-hybridized carbons (Fsp3) is 0.200. The average Bonchev–Trinajstić information content (AvgIpc) is 2.58. The first-order valence-corrected chi connectivity index (χ1v) is 4.83. The molecule has 0 bridgehead atoms. The molecule has 3 amide bonds. The number of aliphatic carboxylic acids is 1. The summed E-state index contributed by atoms with van der Waals surface area (Å²) in [6.45, 7) is -0.637. The number of amides is 3. The maximum absolute atomic E-state index is 11.8. The summed E-state index contributed by atoms with van der Waals surface area (Å²) in [5, 5.41) is 11.0. The fourth-order valence-corrected chi connectivity index (χ4v) is 1.58. The van der Waals surface area contributed by atoms with Gasteiger partial charge in [0.05, 0.1) is 0 Å². The van der Waals surface area contributed by atoms with Gasteiger partial charge in [0, 0.05) is 18.0 Å². The first kappa shape index (κ1) is 11.1. The molecule has 0 unspecified atom stereocenters. The number of rotatable bonds is 3. The Bertz CT molecular complexity index is 474. The lowest BCUT2D eigenvalue weighted by Gasteiger charge is -2.09. The summed E-state index contributed by atoms with van der Waals surface area (Å²) in [5.41, 5.74) is 0.527. The van der Waals surface area contributed by atoms with Crippen LogP contribution in [0.25, 0.3) is 0 Å². The molecule has 17 heavy (non-hydrogen) atoms. The molecule has 0 spiro atoms. The first-order valence-electron chi connectivity index (χ1n) is 4.83. The third kappa shape index (κ3) is 2.07. The molecule has 1 aliphatic rings. The third-order valence-corrected chi connectivity index (χ3v) is 2.34. The largest absolute Gasteiger partial charge is 0.480 e.